The third kappa shape index (κ3) is 4.81. The second-order valence-electron chi connectivity index (χ2n) is 5.63. The van der Waals surface area contributed by atoms with Gasteiger partial charge in [-0.15, -0.1) is 11.3 Å². The first kappa shape index (κ1) is 16.5. The van der Waals surface area contributed by atoms with Crippen molar-refractivity contribution in [3.05, 3.63) is 35.6 Å². The summed E-state index contributed by atoms with van der Waals surface area (Å²) in [6.45, 7) is 0.349. The normalized spacial score (nSPS) is 16.0. The highest BCUT2D eigenvalue weighted by Crippen LogP contribution is 2.23. The third-order valence-electron chi connectivity index (χ3n) is 3.83. The van der Waals surface area contributed by atoms with E-state index in [4.69, 9.17) is 0 Å². The molecule has 124 valence electrons. The maximum Gasteiger partial charge on any atom is 0.277 e. The van der Waals surface area contributed by atoms with E-state index in [1.165, 1.54) is 0 Å². The van der Waals surface area contributed by atoms with Gasteiger partial charge in [-0.2, -0.15) is 13.1 Å². The van der Waals surface area contributed by atoms with Crippen LogP contribution in [0.15, 0.2) is 29.9 Å². The molecule has 6 nitrogen and oxygen atoms in total. The summed E-state index contributed by atoms with van der Waals surface area (Å²) in [6, 6.07) is 3.92. The summed E-state index contributed by atoms with van der Waals surface area (Å²) < 4.78 is 29.2. The highest BCUT2D eigenvalue weighted by molar-refractivity contribution is 7.87. The Bertz CT molecular complexity index is 725. The summed E-state index contributed by atoms with van der Waals surface area (Å²) in [5.74, 6) is 0. The molecule has 1 fully saturated rings. The Kier molecular flexibility index (Phi) is 5.37. The Morgan fingerprint density at radius 2 is 1.96 bits per heavy atom. The van der Waals surface area contributed by atoms with Gasteiger partial charge in [0.1, 0.15) is 5.01 Å². The summed E-state index contributed by atoms with van der Waals surface area (Å²) in [7, 11) is -3.41. The van der Waals surface area contributed by atoms with Crippen molar-refractivity contribution in [3.63, 3.8) is 0 Å². The van der Waals surface area contributed by atoms with E-state index in [1.807, 2.05) is 17.5 Å². The lowest BCUT2D eigenvalue weighted by Crippen LogP contribution is -2.42. The monoisotopic (exact) mass is 352 g/mol. The fourth-order valence-electron chi connectivity index (χ4n) is 2.67. The number of aromatic nitrogens is 2. The van der Waals surface area contributed by atoms with E-state index in [-0.39, 0.29) is 6.04 Å². The van der Waals surface area contributed by atoms with E-state index in [1.54, 1.807) is 23.7 Å². The molecule has 0 atom stereocenters. The lowest BCUT2D eigenvalue weighted by Gasteiger charge is -2.12. The van der Waals surface area contributed by atoms with Gasteiger partial charge in [0.05, 0.1) is 5.69 Å². The molecule has 1 aliphatic rings. The van der Waals surface area contributed by atoms with Crippen LogP contribution in [0.3, 0.4) is 0 Å². The van der Waals surface area contributed by atoms with Crippen molar-refractivity contribution in [1.29, 1.82) is 0 Å². The Morgan fingerprint density at radius 1 is 1.22 bits per heavy atom. The van der Waals surface area contributed by atoms with Crippen LogP contribution in [0.1, 0.15) is 31.4 Å². The molecular formula is C15H20N4O2S2. The molecule has 0 spiro atoms. The van der Waals surface area contributed by atoms with Gasteiger partial charge >= 0.3 is 0 Å². The second kappa shape index (κ2) is 7.48. The first-order valence-corrected chi connectivity index (χ1v) is 10.1. The van der Waals surface area contributed by atoms with Crippen molar-refractivity contribution >= 4 is 21.5 Å². The van der Waals surface area contributed by atoms with Crippen LogP contribution in [0, 0.1) is 0 Å². The molecular weight excluding hydrogens is 332 g/mol. The predicted octanol–water partition coefficient (Wildman–Crippen LogP) is 2.11. The van der Waals surface area contributed by atoms with E-state index < -0.39 is 10.2 Å². The number of rotatable bonds is 7. The Labute approximate surface area is 140 Å². The minimum atomic E-state index is -3.41. The van der Waals surface area contributed by atoms with Crippen LogP contribution in [0.4, 0.5) is 0 Å². The molecule has 0 radical (unpaired) electrons. The van der Waals surface area contributed by atoms with Gasteiger partial charge in [0.2, 0.25) is 0 Å². The van der Waals surface area contributed by atoms with Crippen molar-refractivity contribution in [2.24, 2.45) is 0 Å². The van der Waals surface area contributed by atoms with E-state index in [2.05, 4.69) is 19.4 Å². The number of hydrogen-bond acceptors (Lipinski definition) is 5. The maximum absolute atomic E-state index is 12.0. The molecule has 0 saturated heterocycles. The van der Waals surface area contributed by atoms with Crippen molar-refractivity contribution in [2.45, 2.75) is 38.1 Å². The lowest BCUT2D eigenvalue weighted by atomic mass is 10.3. The van der Waals surface area contributed by atoms with Gasteiger partial charge in [-0.25, -0.2) is 9.71 Å². The van der Waals surface area contributed by atoms with Crippen molar-refractivity contribution in [3.8, 4) is 10.6 Å². The summed E-state index contributed by atoms with van der Waals surface area (Å²) in [5.41, 5.74) is 1.92. The summed E-state index contributed by atoms with van der Waals surface area (Å²) >= 11 is 1.55. The van der Waals surface area contributed by atoms with E-state index in [0.717, 1.165) is 41.9 Å². The Balaban J connectivity index is 1.50. The topological polar surface area (TPSA) is 84.0 Å². The summed E-state index contributed by atoms with van der Waals surface area (Å²) in [6.07, 6.45) is 8.11. The molecule has 1 aliphatic carbocycles. The van der Waals surface area contributed by atoms with Crippen LogP contribution >= 0.6 is 11.3 Å². The van der Waals surface area contributed by atoms with E-state index in [9.17, 15) is 8.42 Å². The van der Waals surface area contributed by atoms with Gasteiger partial charge in [-0.05, 0) is 25.0 Å². The van der Waals surface area contributed by atoms with Crippen LogP contribution in [0.25, 0.3) is 10.6 Å². The molecule has 0 unspecified atom stereocenters. The predicted molar refractivity (Wildman–Crippen MR) is 91.4 cm³/mol. The molecule has 3 rings (SSSR count). The number of nitrogens with one attached hydrogen (secondary N) is 2. The number of pyridine rings is 1. The number of nitrogens with zero attached hydrogens (tertiary/aromatic N) is 2. The van der Waals surface area contributed by atoms with Gasteiger partial charge < -0.3 is 0 Å². The van der Waals surface area contributed by atoms with Gasteiger partial charge in [0.25, 0.3) is 10.2 Å². The van der Waals surface area contributed by atoms with Crippen molar-refractivity contribution in [2.75, 3.05) is 6.54 Å². The van der Waals surface area contributed by atoms with E-state index >= 15 is 0 Å². The van der Waals surface area contributed by atoms with Crippen molar-refractivity contribution < 1.29 is 8.42 Å². The first-order chi connectivity index (χ1) is 11.1. The van der Waals surface area contributed by atoms with Gasteiger partial charge in [-0.3, -0.25) is 4.98 Å². The van der Waals surface area contributed by atoms with Gasteiger partial charge in [-0.1, -0.05) is 12.8 Å². The third-order valence-corrected chi connectivity index (χ3v) is 6.00. The van der Waals surface area contributed by atoms with Gasteiger partial charge in [0, 0.05) is 42.3 Å². The molecule has 2 aromatic rings. The van der Waals surface area contributed by atoms with Crippen LogP contribution in [-0.4, -0.2) is 31.0 Å². The molecule has 23 heavy (non-hydrogen) atoms. The average molecular weight is 352 g/mol. The summed E-state index contributed by atoms with van der Waals surface area (Å²) in [4.78, 5) is 8.53. The SMILES string of the molecule is O=S(=O)(NCCc1csc(-c2ccncc2)n1)NC1CCCC1. The fraction of sp³-hybridized carbons (Fsp3) is 0.467. The smallest absolute Gasteiger partial charge is 0.265 e. The average Bonchev–Trinajstić information content (AvgIpc) is 3.19. The maximum atomic E-state index is 12.0. The first-order valence-electron chi connectivity index (χ1n) is 7.74. The molecule has 8 heteroatoms. The van der Waals surface area contributed by atoms with Crippen LogP contribution in [0.2, 0.25) is 0 Å². The number of thiazole rings is 1. The van der Waals surface area contributed by atoms with Crippen LogP contribution in [-0.2, 0) is 16.6 Å². The second-order valence-corrected chi connectivity index (χ2v) is 8.02. The summed E-state index contributed by atoms with van der Waals surface area (Å²) in [5, 5.41) is 2.89. The van der Waals surface area contributed by atoms with Gasteiger partial charge in [0.15, 0.2) is 0 Å². The highest BCUT2D eigenvalue weighted by Gasteiger charge is 2.20. The molecule has 2 N–H and O–H groups in total. The largest absolute Gasteiger partial charge is 0.277 e. The van der Waals surface area contributed by atoms with Crippen LogP contribution < -0.4 is 9.44 Å². The lowest BCUT2D eigenvalue weighted by molar-refractivity contribution is 0.539. The Hall–Kier alpha value is -1.35. The minimum Gasteiger partial charge on any atom is -0.265 e. The quantitative estimate of drug-likeness (QED) is 0.799. The fourth-order valence-corrected chi connectivity index (χ4v) is 4.66. The highest BCUT2D eigenvalue weighted by atomic mass is 32.2. The molecule has 0 bridgehead atoms. The molecule has 2 heterocycles. The molecule has 1 saturated carbocycles. The zero-order valence-corrected chi connectivity index (χ0v) is 14.4. The molecule has 0 amide bonds. The molecule has 0 aromatic carbocycles. The molecule has 0 aliphatic heterocycles. The number of hydrogen-bond donors (Lipinski definition) is 2. The standard InChI is InChI=1S/C15H20N4O2S2/c20-23(21,19-13-3-1-2-4-13)17-10-7-14-11-22-15(18-14)12-5-8-16-9-6-12/h5-6,8-9,11,13,17,19H,1-4,7,10H2. The Morgan fingerprint density at radius 3 is 2.70 bits per heavy atom. The van der Waals surface area contributed by atoms with Crippen LogP contribution in [0.5, 0.6) is 0 Å². The molecule has 2 aromatic heterocycles. The minimum absolute atomic E-state index is 0.0880. The zero-order chi connectivity index (χ0) is 16.1. The van der Waals surface area contributed by atoms with Crippen molar-refractivity contribution in [1.82, 2.24) is 19.4 Å². The zero-order valence-electron chi connectivity index (χ0n) is 12.7. The van der Waals surface area contributed by atoms with E-state index in [0.29, 0.717) is 13.0 Å².